The summed E-state index contributed by atoms with van der Waals surface area (Å²) < 4.78 is 0. The van der Waals surface area contributed by atoms with Crippen LogP contribution in [-0.2, 0) is 0 Å². The lowest BCUT2D eigenvalue weighted by atomic mass is 9.91. The Kier molecular flexibility index (Phi) is 5.57. The lowest BCUT2D eigenvalue weighted by molar-refractivity contribution is 1.62. The summed E-state index contributed by atoms with van der Waals surface area (Å²) in [6.07, 6.45) is 4.38. The van der Waals surface area contributed by atoms with Crippen LogP contribution in [0, 0.1) is 0 Å². The maximum absolute atomic E-state index is 2.29. The fourth-order valence-electron chi connectivity index (χ4n) is 5.53. The molecule has 0 nitrogen and oxygen atoms in total. The van der Waals surface area contributed by atoms with Crippen molar-refractivity contribution in [1.82, 2.24) is 0 Å². The highest BCUT2D eigenvalue weighted by molar-refractivity contribution is 6.12. The van der Waals surface area contributed by atoms with Gasteiger partial charge in [-0.05, 0) is 71.8 Å². The van der Waals surface area contributed by atoms with E-state index in [2.05, 4.69) is 158 Å². The summed E-state index contributed by atoms with van der Waals surface area (Å²) in [7, 11) is 0. The van der Waals surface area contributed by atoms with Gasteiger partial charge in [0.25, 0.3) is 0 Å². The third-order valence-corrected chi connectivity index (χ3v) is 7.45. The maximum atomic E-state index is 2.29. The number of hydrogen-bond acceptors (Lipinski definition) is 0. The zero-order chi connectivity index (χ0) is 25.3. The van der Waals surface area contributed by atoms with Gasteiger partial charge in [0.05, 0.1) is 0 Å². The molecular formula is C38H26. The molecule has 0 atom stereocenters. The van der Waals surface area contributed by atoms with Gasteiger partial charge < -0.3 is 0 Å². The van der Waals surface area contributed by atoms with Gasteiger partial charge in [-0.2, -0.15) is 0 Å². The first-order chi connectivity index (χ1) is 18.8. The van der Waals surface area contributed by atoms with E-state index in [0.29, 0.717) is 0 Å². The van der Waals surface area contributed by atoms with Gasteiger partial charge in [-0.3, -0.25) is 0 Å². The van der Waals surface area contributed by atoms with Crippen molar-refractivity contribution in [3.05, 3.63) is 157 Å². The second-order valence-corrected chi connectivity index (χ2v) is 9.80. The van der Waals surface area contributed by atoms with Gasteiger partial charge in [-0.15, -0.1) is 0 Å². The molecule has 0 saturated heterocycles. The highest BCUT2D eigenvalue weighted by Gasteiger charge is 2.09. The second-order valence-electron chi connectivity index (χ2n) is 9.80. The number of benzene rings is 7. The van der Waals surface area contributed by atoms with Crippen molar-refractivity contribution in [3.8, 4) is 22.3 Å². The first-order valence-corrected chi connectivity index (χ1v) is 13.1. The highest BCUT2D eigenvalue weighted by atomic mass is 14.1. The van der Waals surface area contributed by atoms with E-state index >= 15 is 0 Å². The van der Waals surface area contributed by atoms with Crippen LogP contribution in [0.25, 0.3) is 66.7 Å². The summed E-state index contributed by atoms with van der Waals surface area (Å²) >= 11 is 0. The molecule has 0 heterocycles. The third-order valence-electron chi connectivity index (χ3n) is 7.45. The van der Waals surface area contributed by atoms with Crippen LogP contribution in [0.1, 0.15) is 11.1 Å². The zero-order valence-electron chi connectivity index (χ0n) is 21.0. The van der Waals surface area contributed by atoms with Gasteiger partial charge >= 0.3 is 0 Å². The predicted octanol–water partition coefficient (Wildman–Crippen LogP) is 10.7. The van der Waals surface area contributed by atoms with Gasteiger partial charge in [0.2, 0.25) is 0 Å². The van der Waals surface area contributed by atoms with Crippen LogP contribution in [0.2, 0.25) is 0 Å². The van der Waals surface area contributed by atoms with E-state index in [9.17, 15) is 0 Å². The summed E-state index contributed by atoms with van der Waals surface area (Å²) in [5, 5.41) is 7.70. The van der Waals surface area contributed by atoms with Crippen molar-refractivity contribution in [2.75, 3.05) is 0 Å². The van der Waals surface area contributed by atoms with Gasteiger partial charge in [0, 0.05) is 0 Å². The Morgan fingerprint density at radius 1 is 0.342 bits per heavy atom. The molecule has 38 heavy (non-hydrogen) atoms. The molecule has 0 saturated carbocycles. The van der Waals surface area contributed by atoms with E-state index in [1.807, 2.05) is 0 Å². The normalized spacial score (nSPS) is 11.6. The molecule has 0 aliphatic rings. The standard InChI is InChI=1S/C38H26/c1-4-12-34-29(8-1)11-7-15-35(34)30-22-18-27(19-23-30)16-17-28-20-24-31(25-21-28)38-36-13-5-2-9-32(36)26-33-10-3-6-14-37(33)38/h1-26H. The minimum atomic E-state index is 1.19. The number of rotatable bonds is 4. The molecule has 0 heteroatoms. The average molecular weight is 483 g/mol. The van der Waals surface area contributed by atoms with E-state index < -0.39 is 0 Å². The van der Waals surface area contributed by atoms with Gasteiger partial charge in [0.1, 0.15) is 0 Å². The van der Waals surface area contributed by atoms with Crippen molar-refractivity contribution < 1.29 is 0 Å². The van der Waals surface area contributed by atoms with Gasteiger partial charge in [0.15, 0.2) is 0 Å². The molecule has 0 fully saturated rings. The number of fused-ring (bicyclic) bond motifs is 3. The van der Waals surface area contributed by atoms with E-state index in [0.717, 1.165) is 0 Å². The first kappa shape index (κ1) is 22.3. The maximum Gasteiger partial charge on any atom is -0.00268 e. The van der Waals surface area contributed by atoms with E-state index in [4.69, 9.17) is 0 Å². The Bertz CT molecular complexity index is 1880. The molecule has 0 spiro atoms. The largest absolute Gasteiger partial charge is 0.0616 e. The van der Waals surface area contributed by atoms with Crippen LogP contribution in [0.15, 0.2) is 146 Å². The second kappa shape index (κ2) is 9.50. The van der Waals surface area contributed by atoms with Crippen LogP contribution in [0.4, 0.5) is 0 Å². The molecule has 0 amide bonds. The Balaban J connectivity index is 1.18. The van der Waals surface area contributed by atoms with Gasteiger partial charge in [-0.25, -0.2) is 0 Å². The Hall–Kier alpha value is -4.94. The van der Waals surface area contributed by atoms with Crippen LogP contribution in [-0.4, -0.2) is 0 Å². The molecule has 7 rings (SSSR count). The Labute approximate surface area is 223 Å². The summed E-state index contributed by atoms with van der Waals surface area (Å²) in [5.74, 6) is 0. The van der Waals surface area contributed by atoms with Crippen LogP contribution in [0.3, 0.4) is 0 Å². The highest BCUT2D eigenvalue weighted by Crippen LogP contribution is 2.36. The fraction of sp³-hybridized carbons (Fsp3) is 0. The predicted molar refractivity (Wildman–Crippen MR) is 165 cm³/mol. The molecule has 7 aromatic carbocycles. The number of hydrogen-bond donors (Lipinski definition) is 0. The monoisotopic (exact) mass is 482 g/mol. The molecule has 178 valence electrons. The van der Waals surface area contributed by atoms with Crippen LogP contribution < -0.4 is 0 Å². The molecular weight excluding hydrogens is 456 g/mol. The molecule has 0 unspecified atom stereocenters. The van der Waals surface area contributed by atoms with E-state index in [-0.39, 0.29) is 0 Å². The quantitative estimate of drug-likeness (QED) is 0.173. The molecule has 0 aliphatic heterocycles. The lowest BCUT2D eigenvalue weighted by Crippen LogP contribution is -1.86. The van der Waals surface area contributed by atoms with E-state index in [1.54, 1.807) is 0 Å². The first-order valence-electron chi connectivity index (χ1n) is 13.1. The summed E-state index contributed by atoms with van der Waals surface area (Å²) in [4.78, 5) is 0. The van der Waals surface area contributed by atoms with Crippen molar-refractivity contribution in [1.29, 1.82) is 0 Å². The van der Waals surface area contributed by atoms with Crippen molar-refractivity contribution in [3.63, 3.8) is 0 Å². The molecule has 0 aliphatic carbocycles. The van der Waals surface area contributed by atoms with Crippen LogP contribution >= 0.6 is 0 Å². The van der Waals surface area contributed by atoms with Crippen molar-refractivity contribution >= 4 is 44.5 Å². The summed E-state index contributed by atoms with van der Waals surface area (Å²) in [6.45, 7) is 0. The molecule has 0 aromatic heterocycles. The van der Waals surface area contributed by atoms with Crippen LogP contribution in [0.5, 0.6) is 0 Å². The zero-order valence-corrected chi connectivity index (χ0v) is 21.0. The fourth-order valence-corrected chi connectivity index (χ4v) is 5.53. The van der Waals surface area contributed by atoms with Crippen molar-refractivity contribution in [2.45, 2.75) is 0 Å². The molecule has 0 N–H and O–H groups in total. The Morgan fingerprint density at radius 2 is 0.816 bits per heavy atom. The lowest BCUT2D eigenvalue weighted by Gasteiger charge is -2.12. The molecule has 0 bridgehead atoms. The average Bonchev–Trinajstić information content (AvgIpc) is 2.99. The summed E-state index contributed by atoms with van der Waals surface area (Å²) in [5.41, 5.74) is 7.45. The Morgan fingerprint density at radius 3 is 1.42 bits per heavy atom. The molecule has 7 aromatic rings. The van der Waals surface area contributed by atoms with Gasteiger partial charge in [-0.1, -0.05) is 152 Å². The third kappa shape index (κ3) is 4.07. The molecule has 0 radical (unpaired) electrons. The van der Waals surface area contributed by atoms with E-state index in [1.165, 1.54) is 65.7 Å². The smallest absolute Gasteiger partial charge is 0.00268 e. The topological polar surface area (TPSA) is 0 Å². The van der Waals surface area contributed by atoms with Crippen molar-refractivity contribution in [2.24, 2.45) is 0 Å². The SMILES string of the molecule is C(=Cc1ccc(-c2c3ccccc3cc3ccccc23)cc1)c1ccc(-c2cccc3ccccc23)cc1. The minimum absolute atomic E-state index is 1.19. The summed E-state index contributed by atoms with van der Waals surface area (Å²) in [6, 6.07) is 52.5. The minimum Gasteiger partial charge on any atom is -0.0616 e.